The minimum Gasteiger partial charge on any atom is -0.444 e. The lowest BCUT2D eigenvalue weighted by molar-refractivity contribution is -0.0464. The topological polar surface area (TPSA) is 59.6 Å². The second kappa shape index (κ2) is 8.88. The Morgan fingerprint density at radius 2 is 1.87 bits per heavy atom. The predicted octanol–water partition coefficient (Wildman–Crippen LogP) is 3.47. The molecule has 5 heteroatoms. The molecule has 1 rings (SSSR count). The van der Waals surface area contributed by atoms with Gasteiger partial charge in [0.2, 0.25) is 0 Å². The van der Waals surface area contributed by atoms with Crippen LogP contribution in [0, 0.1) is 5.92 Å². The van der Waals surface area contributed by atoms with Gasteiger partial charge in [0.1, 0.15) is 5.60 Å². The zero-order chi connectivity index (χ0) is 17.6. The third kappa shape index (κ3) is 7.53. The zero-order valence-corrected chi connectivity index (χ0v) is 15.9. The molecular formula is C18H36N2O3. The summed E-state index contributed by atoms with van der Waals surface area (Å²) in [5.41, 5.74) is -0.472. The fourth-order valence-corrected chi connectivity index (χ4v) is 2.82. The van der Waals surface area contributed by atoms with Gasteiger partial charge in [0, 0.05) is 12.6 Å². The van der Waals surface area contributed by atoms with Crippen molar-refractivity contribution in [3.8, 4) is 0 Å². The Kier molecular flexibility index (Phi) is 7.81. The molecular weight excluding hydrogens is 292 g/mol. The molecule has 136 valence electrons. The molecule has 1 aliphatic rings. The highest BCUT2D eigenvalue weighted by Crippen LogP contribution is 2.26. The first kappa shape index (κ1) is 20.2. The number of carbonyl (C=O) groups excluding carboxylic acids is 1. The first-order valence-electron chi connectivity index (χ1n) is 8.99. The van der Waals surface area contributed by atoms with E-state index in [4.69, 9.17) is 9.47 Å². The molecule has 1 saturated carbocycles. The monoisotopic (exact) mass is 328 g/mol. The normalized spacial score (nSPS) is 25.8. The number of nitrogens with one attached hydrogen (secondary N) is 2. The van der Waals surface area contributed by atoms with E-state index in [1.807, 2.05) is 27.7 Å². The maximum atomic E-state index is 12.0. The van der Waals surface area contributed by atoms with Crippen molar-refractivity contribution in [1.29, 1.82) is 0 Å². The summed E-state index contributed by atoms with van der Waals surface area (Å²) in [6, 6.07) is 0.640. The van der Waals surface area contributed by atoms with Crippen LogP contribution in [0.2, 0.25) is 0 Å². The van der Waals surface area contributed by atoms with Crippen LogP contribution in [0.25, 0.3) is 0 Å². The molecule has 1 fully saturated rings. The number of hydrogen-bond acceptors (Lipinski definition) is 4. The van der Waals surface area contributed by atoms with Crippen LogP contribution in [-0.4, -0.2) is 42.5 Å². The minimum atomic E-state index is -0.472. The van der Waals surface area contributed by atoms with Crippen LogP contribution in [0.1, 0.15) is 67.7 Å². The van der Waals surface area contributed by atoms with Crippen molar-refractivity contribution in [2.24, 2.45) is 5.92 Å². The van der Waals surface area contributed by atoms with Crippen LogP contribution in [0.3, 0.4) is 0 Å². The summed E-state index contributed by atoms with van der Waals surface area (Å²) in [6.07, 6.45) is 2.98. The Hall–Kier alpha value is -0.810. The van der Waals surface area contributed by atoms with Gasteiger partial charge in [-0.3, -0.25) is 0 Å². The molecule has 0 bridgehead atoms. The Morgan fingerprint density at radius 3 is 2.39 bits per heavy atom. The summed E-state index contributed by atoms with van der Waals surface area (Å²) < 4.78 is 11.1. The first-order valence-corrected chi connectivity index (χ1v) is 8.99. The zero-order valence-electron chi connectivity index (χ0n) is 15.9. The van der Waals surface area contributed by atoms with E-state index >= 15 is 0 Å². The van der Waals surface area contributed by atoms with Gasteiger partial charge in [-0.2, -0.15) is 0 Å². The van der Waals surface area contributed by atoms with E-state index < -0.39 is 5.60 Å². The number of alkyl carbamates (subject to hydrolysis) is 1. The van der Waals surface area contributed by atoms with Gasteiger partial charge < -0.3 is 20.1 Å². The lowest BCUT2D eigenvalue weighted by Crippen LogP contribution is -2.67. The van der Waals surface area contributed by atoms with E-state index in [0.29, 0.717) is 18.6 Å². The minimum absolute atomic E-state index is 0.0721. The number of hydrogen-bond donors (Lipinski definition) is 2. The molecule has 5 nitrogen and oxygen atoms in total. The van der Waals surface area contributed by atoms with E-state index in [-0.39, 0.29) is 24.3 Å². The molecule has 0 heterocycles. The molecule has 4 unspecified atom stereocenters. The van der Waals surface area contributed by atoms with E-state index in [1.54, 1.807) is 0 Å². The lowest BCUT2D eigenvalue weighted by Gasteiger charge is -2.46. The molecule has 0 aromatic heterocycles. The molecule has 0 aliphatic heterocycles. The van der Waals surface area contributed by atoms with Crippen LogP contribution >= 0.6 is 0 Å². The maximum Gasteiger partial charge on any atom is 0.407 e. The van der Waals surface area contributed by atoms with Crippen LogP contribution in [0.4, 0.5) is 4.79 Å². The second-order valence-electron chi connectivity index (χ2n) is 8.05. The molecule has 23 heavy (non-hydrogen) atoms. The van der Waals surface area contributed by atoms with E-state index in [9.17, 15) is 4.79 Å². The fourth-order valence-electron chi connectivity index (χ4n) is 2.82. The van der Waals surface area contributed by atoms with Crippen molar-refractivity contribution in [2.45, 2.75) is 97.6 Å². The molecule has 0 saturated heterocycles. The molecule has 0 radical (unpaired) electrons. The molecule has 0 aromatic carbocycles. The smallest absolute Gasteiger partial charge is 0.407 e. The van der Waals surface area contributed by atoms with Gasteiger partial charge in [-0.15, -0.1) is 0 Å². The van der Waals surface area contributed by atoms with E-state index in [2.05, 4.69) is 31.4 Å². The molecule has 4 atom stereocenters. The fraction of sp³-hybridized carbons (Fsp3) is 0.944. The van der Waals surface area contributed by atoms with Crippen molar-refractivity contribution in [2.75, 3.05) is 6.61 Å². The number of carbonyl (C=O) groups is 1. The third-order valence-corrected chi connectivity index (χ3v) is 4.06. The number of amides is 1. The van der Waals surface area contributed by atoms with Crippen molar-refractivity contribution < 1.29 is 14.3 Å². The van der Waals surface area contributed by atoms with Crippen LogP contribution in [0.5, 0.6) is 0 Å². The quantitative estimate of drug-likeness (QED) is 0.716. The summed E-state index contributed by atoms with van der Waals surface area (Å²) >= 11 is 0. The van der Waals surface area contributed by atoms with Gasteiger partial charge in [-0.05, 0) is 59.8 Å². The lowest BCUT2D eigenvalue weighted by atomic mass is 9.82. The average Bonchev–Trinajstić information content (AvgIpc) is 2.39. The third-order valence-electron chi connectivity index (χ3n) is 4.06. The van der Waals surface area contributed by atoms with Gasteiger partial charge in [0.15, 0.2) is 0 Å². The summed E-state index contributed by atoms with van der Waals surface area (Å²) in [6.45, 7) is 15.0. The highest BCUT2D eigenvalue weighted by molar-refractivity contribution is 5.68. The van der Waals surface area contributed by atoms with Gasteiger partial charge in [0.25, 0.3) is 0 Å². The standard InChI is InChI=1S/C18H36N2O3/c1-8-22-15-11-14(20-17(21)23-18(5,6)7)16(15)19-13(4)10-9-12(2)3/h12-16,19H,8-11H2,1-7H3,(H,20,21). The van der Waals surface area contributed by atoms with Crippen molar-refractivity contribution >= 4 is 6.09 Å². The molecule has 1 amide bonds. The largest absolute Gasteiger partial charge is 0.444 e. The van der Waals surface area contributed by atoms with Crippen molar-refractivity contribution in [1.82, 2.24) is 10.6 Å². The highest BCUT2D eigenvalue weighted by atomic mass is 16.6. The van der Waals surface area contributed by atoms with Gasteiger partial charge in [0.05, 0.1) is 18.2 Å². The van der Waals surface area contributed by atoms with E-state index in [0.717, 1.165) is 12.8 Å². The number of rotatable bonds is 8. The van der Waals surface area contributed by atoms with Crippen molar-refractivity contribution in [3.63, 3.8) is 0 Å². The Balaban J connectivity index is 2.50. The Morgan fingerprint density at radius 1 is 1.22 bits per heavy atom. The van der Waals surface area contributed by atoms with Crippen LogP contribution in [0.15, 0.2) is 0 Å². The SMILES string of the molecule is CCOC1CC(NC(=O)OC(C)(C)C)C1NC(C)CCC(C)C. The average molecular weight is 328 g/mol. The molecule has 1 aliphatic carbocycles. The number of ether oxygens (including phenoxy) is 2. The van der Waals surface area contributed by atoms with E-state index in [1.165, 1.54) is 6.42 Å². The Labute approximate surface area is 141 Å². The van der Waals surface area contributed by atoms with Crippen LogP contribution < -0.4 is 10.6 Å². The van der Waals surface area contributed by atoms with Gasteiger partial charge in [-0.1, -0.05) is 13.8 Å². The van der Waals surface area contributed by atoms with Gasteiger partial charge in [-0.25, -0.2) is 4.79 Å². The predicted molar refractivity (Wildman–Crippen MR) is 93.6 cm³/mol. The molecule has 2 N–H and O–H groups in total. The molecule has 0 spiro atoms. The second-order valence-corrected chi connectivity index (χ2v) is 8.05. The summed E-state index contributed by atoms with van der Waals surface area (Å²) in [4.78, 5) is 12.0. The highest BCUT2D eigenvalue weighted by Gasteiger charge is 2.43. The Bertz CT molecular complexity index is 366. The summed E-state index contributed by atoms with van der Waals surface area (Å²) in [5, 5.41) is 6.61. The first-order chi connectivity index (χ1) is 10.6. The molecule has 0 aromatic rings. The summed E-state index contributed by atoms with van der Waals surface area (Å²) in [7, 11) is 0. The summed E-state index contributed by atoms with van der Waals surface area (Å²) in [5.74, 6) is 0.707. The van der Waals surface area contributed by atoms with Gasteiger partial charge >= 0.3 is 6.09 Å². The van der Waals surface area contributed by atoms with Crippen LogP contribution in [-0.2, 0) is 9.47 Å². The maximum absolute atomic E-state index is 12.0. The van der Waals surface area contributed by atoms with Crippen molar-refractivity contribution in [3.05, 3.63) is 0 Å².